The van der Waals surface area contributed by atoms with Crippen LogP contribution in [-0.2, 0) is 0 Å². The van der Waals surface area contributed by atoms with Gasteiger partial charge in [0.1, 0.15) is 0 Å². The second-order valence-corrected chi connectivity index (χ2v) is 5.50. The molecule has 0 aliphatic carbocycles. The Morgan fingerprint density at radius 1 is 1.19 bits per heavy atom. The topological polar surface area (TPSA) is 52.6 Å². The third-order valence-electron chi connectivity index (χ3n) is 3.35. The summed E-state index contributed by atoms with van der Waals surface area (Å²) in [6.07, 6.45) is 0. The Bertz CT molecular complexity index is 696. The van der Waals surface area contributed by atoms with Crippen LogP contribution in [0.25, 0.3) is 0 Å². The number of nitrogens with zero attached hydrogens (tertiary/aromatic N) is 1. The summed E-state index contributed by atoms with van der Waals surface area (Å²) in [5.41, 5.74) is 2.07. The number of carbonyl (C=O) groups excluding carboxylic acids is 1. The molecular weight excluding hydrogens is 311 g/mol. The Balaban J connectivity index is 2.00. The molecule has 0 bridgehead atoms. The summed E-state index contributed by atoms with van der Waals surface area (Å²) in [5.74, 6) is -0.414. The van der Waals surface area contributed by atoms with Gasteiger partial charge in [-0.2, -0.15) is 0 Å². The van der Waals surface area contributed by atoms with Crippen LogP contribution in [0.5, 0.6) is 5.75 Å². The minimum atomic E-state index is -0.212. The summed E-state index contributed by atoms with van der Waals surface area (Å²) in [5, 5.41) is 13.0. The van der Waals surface area contributed by atoms with E-state index in [-0.39, 0.29) is 21.7 Å². The number of halogens is 2. The van der Waals surface area contributed by atoms with Crippen LogP contribution in [-0.4, -0.2) is 24.1 Å². The third-order valence-corrected chi connectivity index (χ3v) is 3.93. The maximum atomic E-state index is 12.7. The minimum absolute atomic E-state index is 0.0641. The standard InChI is InChI=1S/C15H12Cl2N2O2/c16-10-7-9(8-11(17)14(10)20)15(21)19-6-5-18-12-3-1-2-4-13(12)19/h1-4,7-8,18,20H,5-6H2. The van der Waals surface area contributed by atoms with Gasteiger partial charge in [0.25, 0.3) is 5.91 Å². The molecule has 21 heavy (non-hydrogen) atoms. The van der Waals surface area contributed by atoms with Gasteiger partial charge in [-0.05, 0) is 24.3 Å². The van der Waals surface area contributed by atoms with Gasteiger partial charge in [0.2, 0.25) is 0 Å². The van der Waals surface area contributed by atoms with Crippen molar-refractivity contribution in [3.05, 3.63) is 52.0 Å². The van der Waals surface area contributed by atoms with Gasteiger partial charge in [0.05, 0.1) is 21.4 Å². The molecule has 4 nitrogen and oxygen atoms in total. The largest absolute Gasteiger partial charge is 0.505 e. The molecule has 2 aromatic rings. The average Bonchev–Trinajstić information content (AvgIpc) is 2.51. The third kappa shape index (κ3) is 2.52. The van der Waals surface area contributed by atoms with Gasteiger partial charge >= 0.3 is 0 Å². The van der Waals surface area contributed by atoms with Crippen LogP contribution in [0.1, 0.15) is 10.4 Å². The van der Waals surface area contributed by atoms with Crippen molar-refractivity contribution >= 4 is 40.5 Å². The van der Waals surface area contributed by atoms with E-state index in [1.807, 2.05) is 24.3 Å². The fraction of sp³-hybridized carbons (Fsp3) is 0.133. The Kier molecular flexibility index (Phi) is 3.66. The number of aromatic hydroxyl groups is 1. The summed E-state index contributed by atoms with van der Waals surface area (Å²) < 4.78 is 0. The lowest BCUT2D eigenvalue weighted by atomic mass is 10.1. The van der Waals surface area contributed by atoms with Crippen LogP contribution in [0.3, 0.4) is 0 Å². The number of para-hydroxylation sites is 2. The summed E-state index contributed by atoms with van der Waals surface area (Å²) >= 11 is 11.8. The van der Waals surface area contributed by atoms with E-state index in [1.54, 1.807) is 4.90 Å². The van der Waals surface area contributed by atoms with Crippen LogP contribution >= 0.6 is 23.2 Å². The van der Waals surface area contributed by atoms with Crippen molar-refractivity contribution in [2.24, 2.45) is 0 Å². The second kappa shape index (κ2) is 5.47. The van der Waals surface area contributed by atoms with Crippen LogP contribution in [0.2, 0.25) is 10.0 Å². The second-order valence-electron chi connectivity index (χ2n) is 4.69. The molecule has 1 aliphatic heterocycles. The molecule has 0 radical (unpaired) electrons. The first-order valence-electron chi connectivity index (χ1n) is 6.40. The summed E-state index contributed by atoms with van der Waals surface area (Å²) in [4.78, 5) is 14.3. The molecule has 1 heterocycles. The Morgan fingerprint density at radius 3 is 2.57 bits per heavy atom. The molecule has 3 rings (SSSR count). The Labute approximate surface area is 131 Å². The fourth-order valence-corrected chi connectivity index (χ4v) is 2.82. The fourth-order valence-electron chi connectivity index (χ4n) is 2.34. The molecule has 0 unspecified atom stereocenters. The normalized spacial score (nSPS) is 13.5. The number of amides is 1. The highest BCUT2D eigenvalue weighted by atomic mass is 35.5. The predicted molar refractivity (Wildman–Crippen MR) is 84.7 cm³/mol. The lowest BCUT2D eigenvalue weighted by Crippen LogP contribution is -2.38. The van der Waals surface area contributed by atoms with Crippen molar-refractivity contribution in [1.82, 2.24) is 0 Å². The zero-order valence-corrected chi connectivity index (χ0v) is 12.4. The number of anilines is 2. The van der Waals surface area contributed by atoms with E-state index in [4.69, 9.17) is 23.2 Å². The van der Waals surface area contributed by atoms with Crippen LogP contribution < -0.4 is 10.2 Å². The first-order valence-corrected chi connectivity index (χ1v) is 7.16. The first-order chi connectivity index (χ1) is 10.1. The van der Waals surface area contributed by atoms with Crippen molar-refractivity contribution in [2.45, 2.75) is 0 Å². The zero-order valence-electron chi connectivity index (χ0n) is 10.9. The quantitative estimate of drug-likeness (QED) is 0.840. The van der Waals surface area contributed by atoms with Gasteiger partial charge in [-0.1, -0.05) is 35.3 Å². The van der Waals surface area contributed by atoms with Gasteiger partial charge in [-0.3, -0.25) is 4.79 Å². The molecule has 108 valence electrons. The van der Waals surface area contributed by atoms with Crippen molar-refractivity contribution in [3.63, 3.8) is 0 Å². The number of nitrogens with one attached hydrogen (secondary N) is 1. The lowest BCUT2D eigenvalue weighted by molar-refractivity contribution is 0.0987. The maximum Gasteiger partial charge on any atom is 0.258 e. The van der Waals surface area contributed by atoms with E-state index in [0.29, 0.717) is 18.7 Å². The van der Waals surface area contributed by atoms with E-state index >= 15 is 0 Å². The van der Waals surface area contributed by atoms with E-state index in [0.717, 1.165) is 11.4 Å². The predicted octanol–water partition coefficient (Wildman–Crippen LogP) is 3.77. The number of fused-ring (bicyclic) bond motifs is 1. The number of phenolic OH excluding ortho intramolecular Hbond substituents is 1. The zero-order chi connectivity index (χ0) is 15.0. The Hall–Kier alpha value is -1.91. The van der Waals surface area contributed by atoms with Crippen molar-refractivity contribution < 1.29 is 9.90 Å². The number of phenols is 1. The number of hydrogen-bond donors (Lipinski definition) is 2. The number of rotatable bonds is 1. The van der Waals surface area contributed by atoms with Crippen LogP contribution in [0, 0.1) is 0 Å². The molecular formula is C15H12Cl2N2O2. The summed E-state index contributed by atoms with van der Waals surface area (Å²) in [7, 11) is 0. The van der Waals surface area contributed by atoms with E-state index in [1.165, 1.54) is 12.1 Å². The molecule has 0 fully saturated rings. The first kappa shape index (κ1) is 14.0. The summed E-state index contributed by atoms with van der Waals surface area (Å²) in [6, 6.07) is 10.4. The van der Waals surface area contributed by atoms with Gasteiger partial charge in [0.15, 0.2) is 5.75 Å². The molecule has 1 amide bonds. The molecule has 1 aliphatic rings. The van der Waals surface area contributed by atoms with Crippen molar-refractivity contribution in [1.29, 1.82) is 0 Å². The molecule has 0 saturated heterocycles. The van der Waals surface area contributed by atoms with E-state index in [9.17, 15) is 9.90 Å². The van der Waals surface area contributed by atoms with Gasteiger partial charge in [-0.25, -0.2) is 0 Å². The van der Waals surface area contributed by atoms with Gasteiger partial charge in [0, 0.05) is 18.7 Å². The lowest BCUT2D eigenvalue weighted by Gasteiger charge is -2.30. The number of carbonyl (C=O) groups is 1. The minimum Gasteiger partial charge on any atom is -0.505 e. The molecule has 0 saturated carbocycles. The van der Waals surface area contributed by atoms with Crippen LogP contribution in [0.4, 0.5) is 11.4 Å². The number of benzene rings is 2. The monoisotopic (exact) mass is 322 g/mol. The molecule has 0 atom stereocenters. The van der Waals surface area contributed by atoms with Gasteiger partial charge in [-0.15, -0.1) is 0 Å². The van der Waals surface area contributed by atoms with Crippen molar-refractivity contribution in [3.8, 4) is 5.75 Å². The molecule has 0 spiro atoms. The molecule has 6 heteroatoms. The smallest absolute Gasteiger partial charge is 0.258 e. The van der Waals surface area contributed by atoms with Crippen molar-refractivity contribution in [2.75, 3.05) is 23.3 Å². The van der Waals surface area contributed by atoms with E-state index < -0.39 is 0 Å². The summed E-state index contributed by atoms with van der Waals surface area (Å²) in [6.45, 7) is 1.22. The highest BCUT2D eigenvalue weighted by Crippen LogP contribution is 2.35. The highest BCUT2D eigenvalue weighted by Gasteiger charge is 2.24. The van der Waals surface area contributed by atoms with Gasteiger partial charge < -0.3 is 15.3 Å². The molecule has 2 N–H and O–H groups in total. The number of hydrogen-bond acceptors (Lipinski definition) is 3. The van der Waals surface area contributed by atoms with E-state index in [2.05, 4.69) is 5.32 Å². The molecule has 0 aromatic heterocycles. The molecule has 2 aromatic carbocycles. The van der Waals surface area contributed by atoms with Crippen LogP contribution in [0.15, 0.2) is 36.4 Å². The average molecular weight is 323 g/mol. The highest BCUT2D eigenvalue weighted by molar-refractivity contribution is 6.37. The maximum absolute atomic E-state index is 12.7. The SMILES string of the molecule is O=C(c1cc(Cl)c(O)c(Cl)c1)N1CCNc2ccccc21. The Morgan fingerprint density at radius 2 is 1.86 bits per heavy atom.